The van der Waals surface area contributed by atoms with Gasteiger partial charge in [0.2, 0.25) is 5.88 Å². The zero-order valence-electron chi connectivity index (χ0n) is 9.91. The molecule has 3 heteroatoms. The lowest BCUT2D eigenvalue weighted by atomic mass is 9.95. The molecule has 0 aliphatic heterocycles. The van der Waals surface area contributed by atoms with Crippen molar-refractivity contribution in [3.8, 4) is 5.88 Å². The maximum Gasteiger partial charge on any atom is 0.213 e. The van der Waals surface area contributed by atoms with E-state index in [1.807, 2.05) is 18.2 Å². The van der Waals surface area contributed by atoms with E-state index in [0.29, 0.717) is 11.9 Å². The summed E-state index contributed by atoms with van der Waals surface area (Å²) in [4.78, 5) is 4.39. The minimum atomic E-state index is 0.682. The molecular formula is C13H20N2O. The van der Waals surface area contributed by atoms with Crippen LogP contribution in [0.3, 0.4) is 0 Å². The number of methoxy groups -OCH3 is 1. The average Bonchev–Trinajstić information content (AvgIpc) is 2.38. The minimum absolute atomic E-state index is 0.682. The smallest absolute Gasteiger partial charge is 0.213 e. The molecular weight excluding hydrogens is 200 g/mol. The number of nitrogens with zero attached hydrogens (tertiary/aromatic N) is 1. The fraction of sp³-hybridized carbons (Fsp3) is 0.615. The molecule has 1 aliphatic carbocycles. The van der Waals surface area contributed by atoms with Crippen molar-refractivity contribution in [1.82, 2.24) is 10.3 Å². The molecule has 1 heterocycles. The van der Waals surface area contributed by atoms with Crippen molar-refractivity contribution in [3.05, 3.63) is 23.9 Å². The van der Waals surface area contributed by atoms with Crippen LogP contribution in [0.5, 0.6) is 5.88 Å². The van der Waals surface area contributed by atoms with Crippen LogP contribution in [-0.2, 0) is 6.54 Å². The Labute approximate surface area is 97.2 Å². The Morgan fingerprint density at radius 1 is 1.31 bits per heavy atom. The first kappa shape index (κ1) is 11.4. The van der Waals surface area contributed by atoms with Gasteiger partial charge in [0.25, 0.3) is 0 Å². The Morgan fingerprint density at radius 2 is 2.12 bits per heavy atom. The zero-order valence-corrected chi connectivity index (χ0v) is 9.91. The summed E-state index contributed by atoms with van der Waals surface area (Å²) in [5.41, 5.74) is 1.06. The van der Waals surface area contributed by atoms with E-state index in [1.165, 1.54) is 32.1 Å². The van der Waals surface area contributed by atoms with E-state index in [4.69, 9.17) is 4.74 Å². The molecule has 88 valence electrons. The van der Waals surface area contributed by atoms with E-state index in [1.54, 1.807) is 7.11 Å². The molecule has 16 heavy (non-hydrogen) atoms. The van der Waals surface area contributed by atoms with Crippen molar-refractivity contribution in [1.29, 1.82) is 0 Å². The van der Waals surface area contributed by atoms with Crippen LogP contribution in [0, 0.1) is 0 Å². The van der Waals surface area contributed by atoms with Gasteiger partial charge in [0.05, 0.1) is 12.8 Å². The Bertz CT molecular complexity index is 321. The number of nitrogens with one attached hydrogen (secondary N) is 1. The van der Waals surface area contributed by atoms with Crippen LogP contribution in [0.25, 0.3) is 0 Å². The molecule has 0 bridgehead atoms. The molecule has 0 aromatic carbocycles. The van der Waals surface area contributed by atoms with Crippen molar-refractivity contribution in [2.75, 3.05) is 7.11 Å². The quantitative estimate of drug-likeness (QED) is 0.846. The second-order valence-electron chi connectivity index (χ2n) is 4.39. The van der Waals surface area contributed by atoms with Gasteiger partial charge in [0, 0.05) is 18.7 Å². The van der Waals surface area contributed by atoms with E-state index in [-0.39, 0.29) is 0 Å². The van der Waals surface area contributed by atoms with E-state index in [0.717, 1.165) is 12.2 Å². The molecule has 0 radical (unpaired) electrons. The second-order valence-corrected chi connectivity index (χ2v) is 4.39. The molecule has 1 aromatic heterocycles. The third-order valence-corrected chi connectivity index (χ3v) is 3.17. The predicted molar refractivity (Wildman–Crippen MR) is 64.5 cm³/mol. The van der Waals surface area contributed by atoms with Gasteiger partial charge in [-0.25, -0.2) is 4.98 Å². The summed E-state index contributed by atoms with van der Waals surface area (Å²) in [6.07, 6.45) is 6.75. The van der Waals surface area contributed by atoms with Crippen LogP contribution in [-0.4, -0.2) is 18.1 Å². The Hall–Kier alpha value is -1.09. The lowest BCUT2D eigenvalue weighted by Crippen LogP contribution is -2.30. The third-order valence-electron chi connectivity index (χ3n) is 3.17. The Kier molecular flexibility index (Phi) is 4.17. The lowest BCUT2D eigenvalue weighted by molar-refractivity contribution is 0.367. The van der Waals surface area contributed by atoms with Crippen LogP contribution < -0.4 is 10.1 Å². The normalized spacial score (nSPS) is 17.3. The largest absolute Gasteiger partial charge is 0.481 e. The van der Waals surface area contributed by atoms with Gasteiger partial charge < -0.3 is 10.1 Å². The summed E-state index contributed by atoms with van der Waals surface area (Å²) in [7, 11) is 1.65. The van der Waals surface area contributed by atoms with Gasteiger partial charge in [-0.3, -0.25) is 0 Å². The molecule has 0 spiro atoms. The van der Waals surface area contributed by atoms with Gasteiger partial charge in [-0.2, -0.15) is 0 Å². The molecule has 2 rings (SSSR count). The molecule has 0 atom stereocenters. The summed E-state index contributed by atoms with van der Waals surface area (Å²) in [5.74, 6) is 0.697. The van der Waals surface area contributed by atoms with Crippen LogP contribution in [0.4, 0.5) is 0 Å². The standard InChI is InChI=1S/C13H20N2O/c1-16-13-9-5-8-12(15-13)10-14-11-6-3-2-4-7-11/h5,8-9,11,14H,2-4,6-7,10H2,1H3. The van der Waals surface area contributed by atoms with Gasteiger partial charge in [-0.05, 0) is 18.9 Å². The van der Waals surface area contributed by atoms with E-state index < -0.39 is 0 Å². The summed E-state index contributed by atoms with van der Waals surface area (Å²) in [6, 6.07) is 6.59. The molecule has 0 amide bonds. The van der Waals surface area contributed by atoms with Crippen LogP contribution in [0.15, 0.2) is 18.2 Å². The number of hydrogen-bond donors (Lipinski definition) is 1. The fourth-order valence-corrected chi connectivity index (χ4v) is 2.23. The van der Waals surface area contributed by atoms with Crippen molar-refractivity contribution in [2.45, 2.75) is 44.7 Å². The van der Waals surface area contributed by atoms with Gasteiger partial charge >= 0.3 is 0 Å². The highest BCUT2D eigenvalue weighted by atomic mass is 16.5. The molecule has 1 aliphatic rings. The minimum Gasteiger partial charge on any atom is -0.481 e. The fourth-order valence-electron chi connectivity index (χ4n) is 2.23. The van der Waals surface area contributed by atoms with Crippen LogP contribution >= 0.6 is 0 Å². The van der Waals surface area contributed by atoms with E-state index in [9.17, 15) is 0 Å². The van der Waals surface area contributed by atoms with Crippen LogP contribution in [0.2, 0.25) is 0 Å². The van der Waals surface area contributed by atoms with Gasteiger partial charge in [-0.15, -0.1) is 0 Å². The highest BCUT2D eigenvalue weighted by molar-refractivity contribution is 5.15. The van der Waals surface area contributed by atoms with E-state index in [2.05, 4.69) is 10.3 Å². The first-order chi connectivity index (χ1) is 7.88. The van der Waals surface area contributed by atoms with Crippen molar-refractivity contribution >= 4 is 0 Å². The molecule has 1 aromatic rings. The summed E-state index contributed by atoms with van der Waals surface area (Å²) in [5, 5.41) is 3.57. The number of hydrogen-bond acceptors (Lipinski definition) is 3. The Morgan fingerprint density at radius 3 is 2.88 bits per heavy atom. The number of ether oxygens (including phenoxy) is 1. The lowest BCUT2D eigenvalue weighted by Gasteiger charge is -2.22. The maximum atomic E-state index is 5.11. The van der Waals surface area contributed by atoms with Gasteiger partial charge in [-0.1, -0.05) is 25.3 Å². The highest BCUT2D eigenvalue weighted by Gasteiger charge is 2.12. The predicted octanol–water partition coefficient (Wildman–Crippen LogP) is 2.51. The molecule has 3 nitrogen and oxygen atoms in total. The summed E-state index contributed by atoms with van der Waals surface area (Å²) in [6.45, 7) is 0.849. The molecule has 0 saturated heterocycles. The monoisotopic (exact) mass is 220 g/mol. The van der Waals surface area contributed by atoms with Crippen molar-refractivity contribution in [3.63, 3.8) is 0 Å². The van der Waals surface area contributed by atoms with Crippen molar-refractivity contribution in [2.24, 2.45) is 0 Å². The first-order valence-corrected chi connectivity index (χ1v) is 6.12. The number of aromatic nitrogens is 1. The SMILES string of the molecule is COc1cccc(CNC2CCCCC2)n1. The summed E-state index contributed by atoms with van der Waals surface area (Å²) >= 11 is 0. The number of rotatable bonds is 4. The van der Waals surface area contributed by atoms with E-state index >= 15 is 0 Å². The van der Waals surface area contributed by atoms with Gasteiger partial charge in [0.1, 0.15) is 0 Å². The third kappa shape index (κ3) is 3.20. The second kappa shape index (κ2) is 5.85. The maximum absolute atomic E-state index is 5.11. The highest BCUT2D eigenvalue weighted by Crippen LogP contribution is 2.17. The van der Waals surface area contributed by atoms with Gasteiger partial charge in [0.15, 0.2) is 0 Å². The molecule has 1 fully saturated rings. The molecule has 1 N–H and O–H groups in total. The summed E-state index contributed by atoms with van der Waals surface area (Å²) < 4.78 is 5.11. The number of pyridine rings is 1. The first-order valence-electron chi connectivity index (χ1n) is 6.12. The molecule has 1 saturated carbocycles. The zero-order chi connectivity index (χ0) is 11.2. The van der Waals surface area contributed by atoms with Crippen molar-refractivity contribution < 1.29 is 4.74 Å². The van der Waals surface area contributed by atoms with Crippen LogP contribution in [0.1, 0.15) is 37.8 Å². The Balaban J connectivity index is 1.83. The topological polar surface area (TPSA) is 34.1 Å². The molecule has 0 unspecified atom stereocenters. The average molecular weight is 220 g/mol.